The van der Waals surface area contributed by atoms with E-state index in [4.69, 9.17) is 28.9 Å². The van der Waals surface area contributed by atoms with Gasteiger partial charge in [0, 0.05) is 14.1 Å². The molecule has 3 aromatic rings. The zero-order valence-corrected chi connectivity index (χ0v) is 16.7. The molecule has 1 heterocycles. The first-order chi connectivity index (χ1) is 12.7. The molecule has 0 saturated carbocycles. The number of anilines is 3. The minimum atomic E-state index is -3.91. The molecule has 0 aliphatic rings. The number of rotatable bonds is 5. The molecule has 0 aliphatic carbocycles. The van der Waals surface area contributed by atoms with E-state index in [1.54, 1.807) is 40.2 Å². The smallest absolute Gasteiger partial charge is 0.262 e. The predicted molar refractivity (Wildman–Crippen MR) is 107 cm³/mol. The Morgan fingerprint density at radius 3 is 2.41 bits per heavy atom. The van der Waals surface area contributed by atoms with E-state index in [1.807, 2.05) is 14.1 Å². The van der Waals surface area contributed by atoms with Crippen molar-refractivity contribution >= 4 is 50.5 Å². The SMILES string of the molecule is CN(C)c1ncn(-c2cccc(NS(=O)(=O)c3cc(Cl)c(N)c(Cl)c3)c2)n1. The lowest BCUT2D eigenvalue weighted by molar-refractivity contribution is 0.601. The molecule has 0 saturated heterocycles. The summed E-state index contributed by atoms with van der Waals surface area (Å²) in [4.78, 5) is 5.84. The van der Waals surface area contributed by atoms with Crippen LogP contribution in [0.3, 0.4) is 0 Å². The van der Waals surface area contributed by atoms with E-state index in [9.17, 15) is 8.42 Å². The first kappa shape index (κ1) is 19.3. The zero-order valence-electron chi connectivity index (χ0n) is 14.4. The van der Waals surface area contributed by atoms with Gasteiger partial charge in [0.05, 0.1) is 32.0 Å². The first-order valence-corrected chi connectivity index (χ1v) is 9.88. The van der Waals surface area contributed by atoms with Crippen LogP contribution in [0.5, 0.6) is 0 Å². The number of nitrogen functional groups attached to an aromatic ring is 1. The van der Waals surface area contributed by atoms with E-state index in [0.29, 0.717) is 17.3 Å². The maximum absolute atomic E-state index is 12.6. The summed E-state index contributed by atoms with van der Waals surface area (Å²) in [5, 5.41) is 4.44. The summed E-state index contributed by atoms with van der Waals surface area (Å²) in [6.07, 6.45) is 1.54. The second-order valence-electron chi connectivity index (χ2n) is 5.84. The topological polar surface area (TPSA) is 106 Å². The number of benzene rings is 2. The number of nitrogens with zero attached hydrogens (tertiary/aromatic N) is 4. The maximum atomic E-state index is 12.6. The largest absolute Gasteiger partial charge is 0.396 e. The van der Waals surface area contributed by atoms with Crippen molar-refractivity contribution < 1.29 is 8.42 Å². The third-order valence-electron chi connectivity index (χ3n) is 3.61. The second-order valence-corrected chi connectivity index (χ2v) is 8.34. The van der Waals surface area contributed by atoms with E-state index >= 15 is 0 Å². The van der Waals surface area contributed by atoms with Crippen LogP contribution in [0.25, 0.3) is 5.69 Å². The molecule has 0 fully saturated rings. The highest BCUT2D eigenvalue weighted by atomic mass is 35.5. The molecule has 3 rings (SSSR count). The van der Waals surface area contributed by atoms with Gasteiger partial charge in [-0.3, -0.25) is 4.72 Å². The Morgan fingerprint density at radius 2 is 1.81 bits per heavy atom. The number of nitrogens with two attached hydrogens (primary N) is 1. The van der Waals surface area contributed by atoms with Gasteiger partial charge in [-0.25, -0.2) is 13.1 Å². The van der Waals surface area contributed by atoms with Crippen LogP contribution in [0.4, 0.5) is 17.3 Å². The normalized spacial score (nSPS) is 11.4. The van der Waals surface area contributed by atoms with Crippen molar-refractivity contribution in [1.82, 2.24) is 14.8 Å². The van der Waals surface area contributed by atoms with Gasteiger partial charge in [0.1, 0.15) is 6.33 Å². The molecule has 11 heteroatoms. The number of hydrogen-bond acceptors (Lipinski definition) is 6. The minimum absolute atomic E-state index is 0.0652. The van der Waals surface area contributed by atoms with Crippen LogP contribution < -0.4 is 15.4 Å². The van der Waals surface area contributed by atoms with Crippen molar-refractivity contribution in [2.45, 2.75) is 4.90 Å². The van der Waals surface area contributed by atoms with Gasteiger partial charge >= 0.3 is 0 Å². The van der Waals surface area contributed by atoms with E-state index in [1.165, 1.54) is 12.1 Å². The van der Waals surface area contributed by atoms with Crippen LogP contribution in [-0.2, 0) is 10.0 Å². The molecular weight excluding hydrogens is 411 g/mol. The van der Waals surface area contributed by atoms with E-state index in [2.05, 4.69) is 14.8 Å². The lowest BCUT2D eigenvalue weighted by Crippen LogP contribution is -2.13. The molecule has 0 unspecified atom stereocenters. The summed E-state index contributed by atoms with van der Waals surface area (Å²) in [5.41, 5.74) is 6.77. The van der Waals surface area contributed by atoms with Gasteiger partial charge in [-0.1, -0.05) is 29.3 Å². The predicted octanol–water partition coefficient (Wildman–Crippen LogP) is 3.02. The number of sulfonamides is 1. The molecule has 0 amide bonds. The monoisotopic (exact) mass is 426 g/mol. The summed E-state index contributed by atoms with van der Waals surface area (Å²) < 4.78 is 29.3. The van der Waals surface area contributed by atoms with Crippen molar-refractivity contribution in [2.24, 2.45) is 0 Å². The fourth-order valence-corrected chi connectivity index (χ4v) is 3.94. The highest BCUT2D eigenvalue weighted by Gasteiger charge is 2.18. The molecule has 8 nitrogen and oxygen atoms in total. The summed E-state index contributed by atoms with van der Waals surface area (Å²) in [6, 6.07) is 9.22. The average Bonchev–Trinajstić information content (AvgIpc) is 3.09. The fourth-order valence-electron chi connectivity index (χ4n) is 2.23. The second kappa shape index (κ2) is 7.26. The van der Waals surface area contributed by atoms with Crippen LogP contribution in [0.2, 0.25) is 10.0 Å². The molecule has 0 spiro atoms. The van der Waals surface area contributed by atoms with E-state index in [0.717, 1.165) is 0 Å². The molecular formula is C16H16Cl2N6O2S. The molecule has 0 bridgehead atoms. The highest BCUT2D eigenvalue weighted by molar-refractivity contribution is 7.92. The number of hydrogen-bond donors (Lipinski definition) is 2. The van der Waals surface area contributed by atoms with Crippen molar-refractivity contribution in [3.05, 3.63) is 52.8 Å². The van der Waals surface area contributed by atoms with Gasteiger partial charge in [0.25, 0.3) is 10.0 Å². The van der Waals surface area contributed by atoms with Crippen molar-refractivity contribution in [2.75, 3.05) is 29.5 Å². The van der Waals surface area contributed by atoms with Gasteiger partial charge < -0.3 is 10.6 Å². The van der Waals surface area contributed by atoms with Crippen LogP contribution in [0, 0.1) is 0 Å². The van der Waals surface area contributed by atoms with Crippen molar-refractivity contribution in [3.63, 3.8) is 0 Å². The number of halogens is 2. The van der Waals surface area contributed by atoms with Gasteiger partial charge in [0.15, 0.2) is 0 Å². The van der Waals surface area contributed by atoms with Gasteiger partial charge in [-0.2, -0.15) is 4.98 Å². The van der Waals surface area contributed by atoms with Crippen LogP contribution in [0.1, 0.15) is 0 Å². The molecule has 142 valence electrons. The molecule has 0 aliphatic heterocycles. The molecule has 27 heavy (non-hydrogen) atoms. The molecule has 2 aromatic carbocycles. The Labute approximate surface area is 166 Å². The third kappa shape index (κ3) is 4.10. The third-order valence-corrected chi connectivity index (χ3v) is 5.59. The Bertz CT molecular complexity index is 1070. The Morgan fingerprint density at radius 1 is 1.15 bits per heavy atom. The molecule has 0 atom stereocenters. The summed E-state index contributed by atoms with van der Waals surface area (Å²) >= 11 is 11.9. The Kier molecular flexibility index (Phi) is 5.18. The van der Waals surface area contributed by atoms with Crippen LogP contribution >= 0.6 is 23.2 Å². The Balaban J connectivity index is 1.91. The minimum Gasteiger partial charge on any atom is -0.396 e. The van der Waals surface area contributed by atoms with E-state index in [-0.39, 0.29) is 20.6 Å². The van der Waals surface area contributed by atoms with Crippen LogP contribution in [0.15, 0.2) is 47.6 Å². The lowest BCUT2D eigenvalue weighted by atomic mass is 10.3. The average molecular weight is 427 g/mol. The maximum Gasteiger partial charge on any atom is 0.262 e. The molecule has 1 aromatic heterocycles. The fraction of sp³-hybridized carbons (Fsp3) is 0.125. The van der Waals surface area contributed by atoms with Crippen molar-refractivity contribution in [1.29, 1.82) is 0 Å². The number of aromatic nitrogens is 3. The standard InChI is InChI=1S/C16H16Cl2N6O2S/c1-23(2)16-20-9-24(21-16)11-5-3-4-10(6-11)22-27(25,26)12-7-13(17)15(19)14(18)8-12/h3-9,22H,19H2,1-2H3. The summed E-state index contributed by atoms with van der Waals surface area (Å²) in [5.74, 6) is 0.534. The highest BCUT2D eigenvalue weighted by Crippen LogP contribution is 2.31. The summed E-state index contributed by atoms with van der Waals surface area (Å²) in [7, 11) is -0.257. The lowest BCUT2D eigenvalue weighted by Gasteiger charge is -2.11. The zero-order chi connectivity index (χ0) is 19.8. The van der Waals surface area contributed by atoms with Gasteiger partial charge in [-0.15, -0.1) is 5.10 Å². The Hall–Kier alpha value is -2.49. The van der Waals surface area contributed by atoms with E-state index < -0.39 is 10.0 Å². The molecule has 0 radical (unpaired) electrons. The van der Waals surface area contributed by atoms with Gasteiger partial charge in [0.2, 0.25) is 5.95 Å². The number of nitrogens with one attached hydrogen (secondary N) is 1. The molecule has 3 N–H and O–H groups in total. The first-order valence-electron chi connectivity index (χ1n) is 7.64. The van der Waals surface area contributed by atoms with Crippen molar-refractivity contribution in [3.8, 4) is 5.69 Å². The quantitative estimate of drug-likeness (QED) is 0.607. The van der Waals surface area contributed by atoms with Crippen LogP contribution in [-0.4, -0.2) is 37.3 Å². The van der Waals surface area contributed by atoms with Gasteiger partial charge in [-0.05, 0) is 30.3 Å². The summed E-state index contributed by atoms with van der Waals surface area (Å²) in [6.45, 7) is 0.